The normalized spacial score (nSPS) is 9.71. The molecule has 0 bridgehead atoms. The molecule has 0 fully saturated rings. The van der Waals surface area contributed by atoms with Crippen molar-refractivity contribution in [1.29, 1.82) is 0 Å². The Morgan fingerprint density at radius 1 is 1.86 bits per heavy atom. The zero-order chi connectivity index (χ0) is 4.99. The summed E-state index contributed by atoms with van der Waals surface area (Å²) in [7, 11) is 0.120. The minimum absolute atomic E-state index is 0. The number of rotatable bonds is 2. The van der Waals surface area contributed by atoms with Crippen molar-refractivity contribution < 1.29 is 11.9 Å². The second-order valence-electron chi connectivity index (χ2n) is 0.832. The largest absolute Gasteiger partial charge is 2.00 e. The Morgan fingerprint density at radius 3 is 2.29 bits per heavy atom. The van der Waals surface area contributed by atoms with E-state index in [4.69, 9.17) is 0 Å². The smallest absolute Gasteiger partial charge is 1.00 e. The van der Waals surface area contributed by atoms with Crippen LogP contribution >= 0.6 is 8.03 Å². The molecule has 0 aromatic rings. The van der Waals surface area contributed by atoms with E-state index >= 15 is 0 Å². The molecule has 1 unspecified atom stereocenters. The van der Waals surface area contributed by atoms with Gasteiger partial charge in [-0.3, -0.25) is 0 Å². The van der Waals surface area contributed by atoms with E-state index in [0.717, 1.165) is 0 Å². The van der Waals surface area contributed by atoms with Crippen molar-refractivity contribution in [3.8, 4) is 0 Å². The van der Waals surface area contributed by atoms with Crippen LogP contribution in [0.3, 0.4) is 0 Å². The molecule has 0 amide bonds. The van der Waals surface area contributed by atoms with Crippen LogP contribution in [0.5, 0.6) is 0 Å². The van der Waals surface area contributed by atoms with E-state index in [1.807, 2.05) is 6.92 Å². The van der Waals surface area contributed by atoms with Crippen LogP contribution in [0.2, 0.25) is 0 Å². The summed E-state index contributed by atoms with van der Waals surface area (Å²) in [6.45, 7) is 1.82. The second-order valence-corrected chi connectivity index (χ2v) is 2.49. The Morgan fingerprint density at radius 2 is 2.29 bits per heavy atom. The molecule has 7 heavy (non-hydrogen) atoms. The van der Waals surface area contributed by atoms with Crippen molar-refractivity contribution in [2.45, 2.75) is 6.92 Å². The fourth-order valence-corrected chi connectivity index (χ4v) is 0.387. The van der Waals surface area contributed by atoms with Crippen LogP contribution in [-0.2, 0) is 9.09 Å². The van der Waals surface area contributed by atoms with Crippen LogP contribution in [0, 0.1) is 0 Å². The zero-order valence-corrected chi connectivity index (χ0v) is 7.78. The Hall–Kier alpha value is 1.32. The summed E-state index contributed by atoms with van der Waals surface area (Å²) in [4.78, 5) is 0. The zero-order valence-electron chi connectivity index (χ0n) is 6.68. The Labute approximate surface area is 77.5 Å². The van der Waals surface area contributed by atoms with E-state index in [1.54, 1.807) is 0 Å². The fourth-order valence-electron chi connectivity index (χ4n) is 0.129. The summed E-state index contributed by atoms with van der Waals surface area (Å²) in [5.74, 6) is 0. The van der Waals surface area contributed by atoms with Crippen molar-refractivity contribution in [2.24, 2.45) is 0 Å². The van der Waals surface area contributed by atoms with Gasteiger partial charge in [0.25, 0.3) is 0 Å². The van der Waals surface area contributed by atoms with E-state index in [-0.39, 0.29) is 40.6 Å². The second kappa shape index (κ2) is 7.32. The maximum absolute atomic E-state index is 10.1. The average Bonchev–Trinajstić information content (AvgIpc) is 1.65. The van der Waals surface area contributed by atoms with Gasteiger partial charge in [0.05, 0.1) is 7.11 Å². The molecule has 0 radical (unpaired) electrons. The minimum Gasteiger partial charge on any atom is -1.00 e. The van der Waals surface area contributed by atoms with Gasteiger partial charge >= 0.3 is 45.8 Å². The molecule has 0 aliphatic carbocycles. The van der Waals surface area contributed by atoms with Crippen molar-refractivity contribution in [1.82, 2.24) is 0 Å². The molecule has 0 saturated carbocycles. The third kappa shape index (κ3) is 7.32. The van der Waals surface area contributed by atoms with Gasteiger partial charge in [-0.25, -0.2) is 0 Å². The summed E-state index contributed by atoms with van der Waals surface area (Å²) in [6, 6.07) is 0. The molecule has 0 rings (SSSR count). The molecule has 0 aromatic heterocycles. The van der Waals surface area contributed by atoms with Gasteiger partial charge in [0.15, 0.2) is 6.16 Å². The first-order chi connectivity index (χ1) is 2.81. The van der Waals surface area contributed by atoms with Crippen molar-refractivity contribution in [2.75, 3.05) is 13.3 Å². The summed E-state index contributed by atoms with van der Waals surface area (Å²) < 4.78 is 14.5. The molecule has 0 spiro atoms. The number of hydrogen-bond donors (Lipinski definition) is 0. The predicted molar refractivity (Wildman–Crippen MR) is 33.1 cm³/mol. The SMILES string of the molecule is CC[P+](=O)OC.[Ca+2].[H-].[H-]. The molecule has 0 aliphatic heterocycles. The first-order valence-corrected chi connectivity index (χ1v) is 3.16. The van der Waals surface area contributed by atoms with E-state index in [9.17, 15) is 4.57 Å². The predicted octanol–water partition coefficient (Wildman–Crippen LogP) is 1.24. The molecule has 40 valence electrons. The Balaban J connectivity index is -0.0000000417. The molecular weight excluding hydrogens is 139 g/mol. The minimum atomic E-state index is -1.33. The molecule has 0 saturated heterocycles. The maximum atomic E-state index is 10.1. The van der Waals surface area contributed by atoms with Gasteiger partial charge in [-0.05, 0) is 11.5 Å². The van der Waals surface area contributed by atoms with Crippen LogP contribution in [0.25, 0.3) is 0 Å². The van der Waals surface area contributed by atoms with Crippen LogP contribution in [0.1, 0.15) is 9.78 Å². The Kier molecular flexibility index (Phi) is 11.7. The van der Waals surface area contributed by atoms with Crippen LogP contribution in [0.15, 0.2) is 0 Å². The summed E-state index contributed by atoms with van der Waals surface area (Å²) in [6.07, 6.45) is 0.617. The molecule has 0 heterocycles. The van der Waals surface area contributed by atoms with E-state index in [2.05, 4.69) is 4.52 Å². The molecule has 1 atom stereocenters. The Bertz CT molecular complexity index is 57.8. The molecule has 4 heteroatoms. The van der Waals surface area contributed by atoms with Crippen LogP contribution < -0.4 is 0 Å². The maximum Gasteiger partial charge on any atom is 2.00 e. The first-order valence-electron chi connectivity index (χ1n) is 1.80. The fraction of sp³-hybridized carbons (Fsp3) is 1.00. The van der Waals surface area contributed by atoms with E-state index < -0.39 is 8.03 Å². The van der Waals surface area contributed by atoms with Gasteiger partial charge in [0, 0.05) is 0 Å². The van der Waals surface area contributed by atoms with Gasteiger partial charge in [-0.2, -0.15) is 0 Å². The van der Waals surface area contributed by atoms with Crippen molar-refractivity contribution >= 4 is 45.8 Å². The van der Waals surface area contributed by atoms with Gasteiger partial charge < -0.3 is 2.85 Å². The van der Waals surface area contributed by atoms with Crippen LogP contribution in [0.4, 0.5) is 0 Å². The molecule has 2 nitrogen and oxygen atoms in total. The van der Waals surface area contributed by atoms with Gasteiger partial charge in [0.2, 0.25) is 0 Å². The average molecular weight is 149 g/mol. The summed E-state index contributed by atoms with van der Waals surface area (Å²) in [5.41, 5.74) is 0. The third-order valence-electron chi connectivity index (χ3n) is 0.462. The van der Waals surface area contributed by atoms with Crippen LogP contribution in [-0.4, -0.2) is 51.0 Å². The van der Waals surface area contributed by atoms with Gasteiger partial charge in [-0.1, -0.05) is 0 Å². The van der Waals surface area contributed by atoms with Crippen molar-refractivity contribution in [3.05, 3.63) is 0 Å². The van der Waals surface area contributed by atoms with E-state index in [0.29, 0.717) is 6.16 Å². The molecular formula is C3H10CaO2P+. The summed E-state index contributed by atoms with van der Waals surface area (Å²) >= 11 is 0. The molecule has 0 aromatic carbocycles. The van der Waals surface area contributed by atoms with Gasteiger partial charge in [0.1, 0.15) is 0 Å². The number of hydrogen-bond acceptors (Lipinski definition) is 2. The quantitative estimate of drug-likeness (QED) is 0.436. The standard InChI is InChI=1S/C3H8O2P.Ca.2H/c1-3-6(4)5-2;;;/h3H2,1-2H3;;;/q+1;+2;2*-1. The topological polar surface area (TPSA) is 26.3 Å². The van der Waals surface area contributed by atoms with E-state index in [1.165, 1.54) is 7.11 Å². The summed E-state index contributed by atoms with van der Waals surface area (Å²) in [5, 5.41) is 0. The molecule has 0 N–H and O–H groups in total. The third-order valence-corrected chi connectivity index (χ3v) is 1.39. The van der Waals surface area contributed by atoms with Crippen molar-refractivity contribution in [3.63, 3.8) is 0 Å². The molecule has 0 aliphatic rings. The first kappa shape index (κ1) is 11.2. The monoisotopic (exact) mass is 149 g/mol. The van der Waals surface area contributed by atoms with Gasteiger partial charge in [-0.15, -0.1) is 4.52 Å².